The molecular formula is C17H13F3N6OS. The van der Waals surface area contributed by atoms with Gasteiger partial charge in [0.1, 0.15) is 12.4 Å². The molecule has 11 heteroatoms. The van der Waals surface area contributed by atoms with Gasteiger partial charge in [-0.2, -0.15) is 28.5 Å². The van der Waals surface area contributed by atoms with Crippen LogP contribution in [0.1, 0.15) is 34.7 Å². The van der Waals surface area contributed by atoms with Gasteiger partial charge in [0.2, 0.25) is 0 Å². The smallest absolute Gasteiger partial charge is 0.252 e. The number of rotatable bonds is 4. The lowest BCUT2D eigenvalue weighted by molar-refractivity contribution is 0.0936. The zero-order valence-electron chi connectivity index (χ0n) is 14.3. The molecule has 144 valence electrons. The fourth-order valence-electron chi connectivity index (χ4n) is 2.33. The van der Waals surface area contributed by atoms with Gasteiger partial charge < -0.3 is 5.32 Å². The number of hydrogen-bond acceptors (Lipinski definition) is 5. The molecule has 3 rings (SSSR count). The molecule has 1 aromatic carbocycles. The second-order valence-corrected chi connectivity index (χ2v) is 5.50. The standard InChI is InChI=1S/C17H11F3N6O.H2S/c1-9(25-17(27)11-4-12(18)15(20)13(19)5-11)16-23-8-24-26(16)14-3-2-10(6-21)7-22-14;/h2-5,7-9H,1H3,(H,25,27);1H2/t9-;/m0./s1. The SMILES string of the molecule is C[C@H](NC(=O)c1cc(F)c(F)c(F)c1)c1ncnn1-c1ccc(C#N)cn1.S. The summed E-state index contributed by atoms with van der Waals surface area (Å²) in [6.45, 7) is 1.58. The van der Waals surface area contributed by atoms with Gasteiger partial charge in [-0.25, -0.2) is 23.1 Å². The highest BCUT2D eigenvalue weighted by Crippen LogP contribution is 2.17. The van der Waals surface area contributed by atoms with Crippen LogP contribution in [-0.4, -0.2) is 25.7 Å². The molecule has 0 bridgehead atoms. The first-order valence-electron chi connectivity index (χ1n) is 7.62. The summed E-state index contributed by atoms with van der Waals surface area (Å²) in [7, 11) is 0. The van der Waals surface area contributed by atoms with E-state index in [1.165, 1.54) is 17.2 Å². The first kappa shape index (κ1) is 20.9. The van der Waals surface area contributed by atoms with Crippen molar-refractivity contribution in [2.75, 3.05) is 0 Å². The van der Waals surface area contributed by atoms with Crippen LogP contribution in [0.2, 0.25) is 0 Å². The Bertz CT molecular complexity index is 1020. The van der Waals surface area contributed by atoms with E-state index in [9.17, 15) is 18.0 Å². The van der Waals surface area contributed by atoms with Crippen LogP contribution in [0.15, 0.2) is 36.8 Å². The Kier molecular flexibility index (Phi) is 6.37. The summed E-state index contributed by atoms with van der Waals surface area (Å²) in [5.74, 6) is -4.73. The van der Waals surface area contributed by atoms with Crippen LogP contribution in [0.3, 0.4) is 0 Å². The minimum absolute atomic E-state index is 0. The molecule has 0 aliphatic carbocycles. The molecule has 2 heterocycles. The van der Waals surface area contributed by atoms with Crippen molar-refractivity contribution >= 4 is 19.4 Å². The number of pyridine rings is 1. The number of carbonyl (C=O) groups excluding carboxylic acids is 1. The summed E-state index contributed by atoms with van der Waals surface area (Å²) in [5.41, 5.74) is -0.0112. The maximum atomic E-state index is 13.3. The predicted octanol–water partition coefficient (Wildman–Crippen LogP) is 2.56. The number of hydrogen-bond donors (Lipinski definition) is 1. The van der Waals surface area contributed by atoms with Crippen molar-refractivity contribution in [2.24, 2.45) is 0 Å². The molecule has 1 atom stereocenters. The third-order valence-electron chi connectivity index (χ3n) is 3.65. The Morgan fingerprint density at radius 3 is 2.46 bits per heavy atom. The Morgan fingerprint density at radius 1 is 1.21 bits per heavy atom. The molecular weight excluding hydrogens is 393 g/mol. The molecule has 1 N–H and O–H groups in total. The highest BCUT2D eigenvalue weighted by Gasteiger charge is 2.20. The number of carbonyl (C=O) groups is 1. The average Bonchev–Trinajstić information content (AvgIpc) is 3.15. The van der Waals surface area contributed by atoms with Gasteiger partial charge >= 0.3 is 0 Å². The molecule has 1 amide bonds. The van der Waals surface area contributed by atoms with Crippen molar-refractivity contribution in [3.05, 3.63) is 71.2 Å². The minimum Gasteiger partial charge on any atom is -0.342 e. The van der Waals surface area contributed by atoms with Crippen LogP contribution in [0.5, 0.6) is 0 Å². The van der Waals surface area contributed by atoms with Crippen molar-refractivity contribution in [3.8, 4) is 11.9 Å². The van der Waals surface area contributed by atoms with Crippen molar-refractivity contribution in [2.45, 2.75) is 13.0 Å². The molecule has 28 heavy (non-hydrogen) atoms. The van der Waals surface area contributed by atoms with E-state index in [0.717, 1.165) is 0 Å². The van der Waals surface area contributed by atoms with Crippen LogP contribution in [0.25, 0.3) is 5.82 Å². The van der Waals surface area contributed by atoms with E-state index in [2.05, 4.69) is 20.4 Å². The number of aromatic nitrogens is 4. The number of benzene rings is 1. The monoisotopic (exact) mass is 406 g/mol. The van der Waals surface area contributed by atoms with E-state index in [0.29, 0.717) is 29.3 Å². The lowest BCUT2D eigenvalue weighted by atomic mass is 10.1. The average molecular weight is 406 g/mol. The van der Waals surface area contributed by atoms with Crippen molar-refractivity contribution in [1.82, 2.24) is 25.1 Å². The Morgan fingerprint density at radius 2 is 1.89 bits per heavy atom. The molecule has 0 unspecified atom stereocenters. The second kappa shape index (κ2) is 8.53. The van der Waals surface area contributed by atoms with E-state index < -0.39 is 29.4 Å². The quantitative estimate of drug-likeness (QED) is 0.672. The molecule has 0 radical (unpaired) electrons. The predicted molar refractivity (Wildman–Crippen MR) is 96.4 cm³/mol. The molecule has 0 fully saturated rings. The number of halogens is 3. The largest absolute Gasteiger partial charge is 0.342 e. The molecule has 0 aliphatic heterocycles. The van der Waals surface area contributed by atoms with Gasteiger partial charge in [-0.3, -0.25) is 4.79 Å². The van der Waals surface area contributed by atoms with Gasteiger partial charge in [0.15, 0.2) is 29.1 Å². The van der Waals surface area contributed by atoms with Crippen molar-refractivity contribution in [3.63, 3.8) is 0 Å². The number of nitrogens with one attached hydrogen (secondary N) is 1. The van der Waals surface area contributed by atoms with E-state index in [1.54, 1.807) is 19.1 Å². The third kappa shape index (κ3) is 4.12. The molecule has 7 nitrogen and oxygen atoms in total. The van der Waals surface area contributed by atoms with E-state index >= 15 is 0 Å². The van der Waals surface area contributed by atoms with Gasteiger partial charge in [-0.05, 0) is 31.2 Å². The highest BCUT2D eigenvalue weighted by atomic mass is 32.1. The maximum Gasteiger partial charge on any atom is 0.252 e. The van der Waals surface area contributed by atoms with Crippen LogP contribution < -0.4 is 5.32 Å². The van der Waals surface area contributed by atoms with Crippen molar-refractivity contribution < 1.29 is 18.0 Å². The molecule has 0 spiro atoms. The van der Waals surface area contributed by atoms with E-state index in [-0.39, 0.29) is 19.1 Å². The number of amides is 1. The summed E-state index contributed by atoms with van der Waals surface area (Å²) < 4.78 is 41.0. The lowest BCUT2D eigenvalue weighted by Gasteiger charge is -2.14. The van der Waals surface area contributed by atoms with Gasteiger partial charge in [-0.15, -0.1) is 0 Å². The Labute approximate surface area is 164 Å². The molecule has 0 saturated heterocycles. The van der Waals surface area contributed by atoms with Crippen LogP contribution in [0.4, 0.5) is 13.2 Å². The lowest BCUT2D eigenvalue weighted by Crippen LogP contribution is -2.29. The van der Waals surface area contributed by atoms with Gasteiger partial charge in [0.25, 0.3) is 5.91 Å². The molecule has 3 aromatic rings. The maximum absolute atomic E-state index is 13.3. The van der Waals surface area contributed by atoms with E-state index in [4.69, 9.17) is 5.26 Å². The summed E-state index contributed by atoms with van der Waals surface area (Å²) in [4.78, 5) is 20.4. The zero-order chi connectivity index (χ0) is 19.6. The van der Waals surface area contributed by atoms with Gasteiger partial charge in [0.05, 0.1) is 11.6 Å². The first-order chi connectivity index (χ1) is 12.9. The topological polar surface area (TPSA) is 96.5 Å². The summed E-state index contributed by atoms with van der Waals surface area (Å²) in [5, 5.41) is 15.3. The van der Waals surface area contributed by atoms with Crippen molar-refractivity contribution in [1.29, 1.82) is 5.26 Å². The van der Waals surface area contributed by atoms with Crippen LogP contribution >= 0.6 is 13.5 Å². The second-order valence-electron chi connectivity index (χ2n) is 5.50. The number of nitrogens with zero attached hydrogens (tertiary/aromatic N) is 5. The van der Waals surface area contributed by atoms with Crippen LogP contribution in [0, 0.1) is 28.8 Å². The molecule has 0 saturated carbocycles. The molecule has 0 aliphatic rings. The highest BCUT2D eigenvalue weighted by molar-refractivity contribution is 7.59. The summed E-state index contributed by atoms with van der Waals surface area (Å²) >= 11 is 0. The normalized spacial score (nSPS) is 11.2. The summed E-state index contributed by atoms with van der Waals surface area (Å²) in [6.07, 6.45) is 2.60. The molecule has 2 aromatic heterocycles. The van der Waals surface area contributed by atoms with Gasteiger partial charge in [-0.1, -0.05) is 0 Å². The van der Waals surface area contributed by atoms with Gasteiger partial charge in [0, 0.05) is 11.8 Å². The van der Waals surface area contributed by atoms with E-state index in [1.807, 2.05) is 6.07 Å². The third-order valence-corrected chi connectivity index (χ3v) is 3.65. The Hall–Kier alpha value is -3.39. The van der Waals surface area contributed by atoms with Crippen LogP contribution in [-0.2, 0) is 0 Å². The fourth-order valence-corrected chi connectivity index (χ4v) is 2.33. The Balaban J connectivity index is 0.00000280. The first-order valence-corrected chi connectivity index (χ1v) is 7.62. The summed E-state index contributed by atoms with van der Waals surface area (Å²) in [6, 6.07) is 5.53. The fraction of sp³-hybridized carbons (Fsp3) is 0.118. The zero-order valence-corrected chi connectivity index (χ0v) is 15.3. The number of nitriles is 1. The minimum atomic E-state index is -1.65.